The van der Waals surface area contributed by atoms with Crippen LogP contribution in [0.3, 0.4) is 0 Å². The third-order valence-corrected chi connectivity index (χ3v) is 3.74. The zero-order valence-electron chi connectivity index (χ0n) is 9.16. The Morgan fingerprint density at radius 1 is 1.29 bits per heavy atom. The lowest BCUT2D eigenvalue weighted by Gasteiger charge is -2.42. The fraction of sp³-hybridized carbons (Fsp3) is 0.917. The Bertz CT molecular complexity index is 222. The van der Waals surface area contributed by atoms with Crippen molar-refractivity contribution in [3.8, 4) is 0 Å². The monoisotopic (exact) mass is 196 g/mol. The second-order valence-corrected chi connectivity index (χ2v) is 5.11. The summed E-state index contributed by atoms with van der Waals surface area (Å²) in [7, 11) is 0. The molecule has 0 radical (unpaired) electrons. The van der Waals surface area contributed by atoms with E-state index in [-0.39, 0.29) is 12.1 Å². The number of ether oxygens (including phenoxy) is 1. The minimum absolute atomic E-state index is 0.0341. The smallest absolute Gasteiger partial charge is 0.306 e. The summed E-state index contributed by atoms with van der Waals surface area (Å²) >= 11 is 0. The van der Waals surface area contributed by atoms with E-state index in [2.05, 4.69) is 13.8 Å². The SMILES string of the molecule is CC(C)C1OC(=O)CC2CCCCC21. The molecule has 1 saturated heterocycles. The van der Waals surface area contributed by atoms with Crippen molar-refractivity contribution in [1.82, 2.24) is 0 Å². The van der Waals surface area contributed by atoms with Crippen molar-refractivity contribution in [3.05, 3.63) is 0 Å². The number of cyclic esters (lactones) is 1. The van der Waals surface area contributed by atoms with Crippen LogP contribution in [-0.2, 0) is 9.53 Å². The van der Waals surface area contributed by atoms with E-state index in [0.717, 1.165) is 0 Å². The molecule has 3 unspecified atom stereocenters. The minimum atomic E-state index is 0.0341. The summed E-state index contributed by atoms with van der Waals surface area (Å²) in [6, 6.07) is 0. The van der Waals surface area contributed by atoms with Crippen LogP contribution in [0.2, 0.25) is 0 Å². The fourth-order valence-electron chi connectivity index (χ4n) is 3.05. The topological polar surface area (TPSA) is 26.3 Å². The minimum Gasteiger partial charge on any atom is -0.462 e. The van der Waals surface area contributed by atoms with Crippen LogP contribution in [0.25, 0.3) is 0 Å². The largest absolute Gasteiger partial charge is 0.462 e. The Balaban J connectivity index is 2.10. The van der Waals surface area contributed by atoms with E-state index >= 15 is 0 Å². The van der Waals surface area contributed by atoms with Gasteiger partial charge >= 0.3 is 5.97 Å². The lowest BCUT2D eigenvalue weighted by Crippen LogP contribution is -2.43. The second-order valence-electron chi connectivity index (χ2n) is 5.11. The number of carbonyl (C=O) groups excluding carboxylic acids is 1. The maximum Gasteiger partial charge on any atom is 0.306 e. The Morgan fingerprint density at radius 2 is 2.00 bits per heavy atom. The highest BCUT2D eigenvalue weighted by molar-refractivity contribution is 5.70. The first-order valence-electron chi connectivity index (χ1n) is 5.88. The fourth-order valence-corrected chi connectivity index (χ4v) is 3.05. The second kappa shape index (κ2) is 3.92. The quantitative estimate of drug-likeness (QED) is 0.603. The van der Waals surface area contributed by atoms with Gasteiger partial charge in [0.15, 0.2) is 0 Å². The standard InChI is InChI=1S/C12H20O2/c1-8(2)12-10-6-4-3-5-9(10)7-11(13)14-12/h8-10,12H,3-7H2,1-2H3. The Morgan fingerprint density at radius 3 is 2.71 bits per heavy atom. The molecule has 2 nitrogen and oxygen atoms in total. The van der Waals surface area contributed by atoms with Crippen molar-refractivity contribution in [2.24, 2.45) is 17.8 Å². The van der Waals surface area contributed by atoms with Crippen molar-refractivity contribution in [3.63, 3.8) is 0 Å². The van der Waals surface area contributed by atoms with Gasteiger partial charge in [0.2, 0.25) is 0 Å². The summed E-state index contributed by atoms with van der Waals surface area (Å²) < 4.78 is 5.48. The molecule has 0 bridgehead atoms. The molecule has 0 aromatic rings. The van der Waals surface area contributed by atoms with Gasteiger partial charge in [-0.1, -0.05) is 26.7 Å². The molecule has 2 aliphatic rings. The van der Waals surface area contributed by atoms with Crippen molar-refractivity contribution in [1.29, 1.82) is 0 Å². The molecule has 14 heavy (non-hydrogen) atoms. The van der Waals surface area contributed by atoms with E-state index in [4.69, 9.17) is 4.74 Å². The van der Waals surface area contributed by atoms with Crippen LogP contribution >= 0.6 is 0 Å². The predicted octanol–water partition coefficient (Wildman–Crippen LogP) is 2.76. The molecule has 2 fully saturated rings. The summed E-state index contributed by atoms with van der Waals surface area (Å²) in [6.07, 6.45) is 6.00. The van der Waals surface area contributed by atoms with Crippen LogP contribution in [0, 0.1) is 17.8 Å². The first-order chi connectivity index (χ1) is 6.68. The van der Waals surface area contributed by atoms with E-state index in [9.17, 15) is 4.79 Å². The summed E-state index contributed by atoms with van der Waals surface area (Å²) in [5.74, 6) is 1.79. The number of hydrogen-bond donors (Lipinski definition) is 0. The number of hydrogen-bond acceptors (Lipinski definition) is 2. The van der Waals surface area contributed by atoms with Gasteiger partial charge in [0, 0.05) is 6.42 Å². The average Bonchev–Trinajstić information content (AvgIpc) is 2.16. The molecule has 0 amide bonds. The van der Waals surface area contributed by atoms with Crippen molar-refractivity contribution < 1.29 is 9.53 Å². The Labute approximate surface area is 86.0 Å². The summed E-state index contributed by atoms with van der Waals surface area (Å²) in [5, 5.41) is 0. The number of carbonyl (C=O) groups is 1. The highest BCUT2D eigenvalue weighted by Crippen LogP contribution is 2.41. The average molecular weight is 196 g/mol. The van der Waals surface area contributed by atoms with Gasteiger partial charge < -0.3 is 4.74 Å². The lowest BCUT2D eigenvalue weighted by atomic mass is 9.71. The molecule has 0 aromatic heterocycles. The highest BCUT2D eigenvalue weighted by Gasteiger charge is 2.40. The molecular formula is C12H20O2. The van der Waals surface area contributed by atoms with Gasteiger partial charge in [-0.2, -0.15) is 0 Å². The zero-order chi connectivity index (χ0) is 10.1. The molecule has 0 N–H and O–H groups in total. The number of esters is 1. The van der Waals surface area contributed by atoms with Gasteiger partial charge in [-0.25, -0.2) is 0 Å². The van der Waals surface area contributed by atoms with E-state index in [1.807, 2.05) is 0 Å². The normalized spacial score (nSPS) is 37.9. The van der Waals surface area contributed by atoms with Gasteiger partial charge in [-0.15, -0.1) is 0 Å². The molecule has 0 spiro atoms. The first kappa shape index (κ1) is 10.0. The van der Waals surface area contributed by atoms with Crippen LogP contribution in [0.4, 0.5) is 0 Å². The molecule has 1 aliphatic carbocycles. The van der Waals surface area contributed by atoms with Gasteiger partial charge in [0.05, 0.1) is 0 Å². The van der Waals surface area contributed by atoms with Crippen LogP contribution in [0.15, 0.2) is 0 Å². The number of rotatable bonds is 1. The highest BCUT2D eigenvalue weighted by atomic mass is 16.5. The molecule has 2 heteroatoms. The zero-order valence-corrected chi connectivity index (χ0v) is 9.16. The summed E-state index contributed by atoms with van der Waals surface area (Å²) in [6.45, 7) is 4.32. The third kappa shape index (κ3) is 1.79. The molecule has 2 rings (SSSR count). The van der Waals surface area contributed by atoms with Crippen molar-refractivity contribution in [2.75, 3.05) is 0 Å². The van der Waals surface area contributed by atoms with E-state index in [1.165, 1.54) is 25.7 Å². The molecule has 1 saturated carbocycles. The van der Waals surface area contributed by atoms with Crippen LogP contribution in [0.5, 0.6) is 0 Å². The van der Waals surface area contributed by atoms with Crippen molar-refractivity contribution >= 4 is 5.97 Å². The van der Waals surface area contributed by atoms with E-state index in [1.54, 1.807) is 0 Å². The predicted molar refractivity (Wildman–Crippen MR) is 54.8 cm³/mol. The van der Waals surface area contributed by atoms with Gasteiger partial charge in [0.1, 0.15) is 6.10 Å². The van der Waals surface area contributed by atoms with Crippen LogP contribution in [-0.4, -0.2) is 12.1 Å². The maximum absolute atomic E-state index is 11.4. The van der Waals surface area contributed by atoms with Gasteiger partial charge in [-0.3, -0.25) is 4.79 Å². The van der Waals surface area contributed by atoms with Crippen molar-refractivity contribution in [2.45, 2.75) is 52.1 Å². The van der Waals surface area contributed by atoms with Gasteiger partial charge in [0.25, 0.3) is 0 Å². The molecule has 1 heterocycles. The summed E-state index contributed by atoms with van der Waals surface area (Å²) in [4.78, 5) is 11.4. The molecule has 0 aromatic carbocycles. The van der Waals surface area contributed by atoms with Crippen LogP contribution < -0.4 is 0 Å². The Hall–Kier alpha value is -0.530. The molecular weight excluding hydrogens is 176 g/mol. The first-order valence-corrected chi connectivity index (χ1v) is 5.88. The van der Waals surface area contributed by atoms with Gasteiger partial charge in [-0.05, 0) is 30.6 Å². The number of fused-ring (bicyclic) bond motifs is 1. The van der Waals surface area contributed by atoms with E-state index in [0.29, 0.717) is 24.2 Å². The molecule has 1 aliphatic heterocycles. The molecule has 80 valence electrons. The van der Waals surface area contributed by atoms with Crippen LogP contribution in [0.1, 0.15) is 46.0 Å². The Kier molecular flexibility index (Phi) is 2.80. The maximum atomic E-state index is 11.4. The molecule has 3 atom stereocenters. The summed E-state index contributed by atoms with van der Waals surface area (Å²) in [5.41, 5.74) is 0. The van der Waals surface area contributed by atoms with E-state index < -0.39 is 0 Å². The third-order valence-electron chi connectivity index (χ3n) is 3.74. The lowest BCUT2D eigenvalue weighted by molar-refractivity contribution is -0.169.